The maximum atomic E-state index is 5.89. The lowest BCUT2D eigenvalue weighted by molar-refractivity contribution is 0.00752. The smallest absolute Gasteiger partial charge is 0.191 e. The van der Waals surface area contributed by atoms with E-state index in [1.807, 2.05) is 0 Å². The molecule has 0 bridgehead atoms. The Morgan fingerprint density at radius 2 is 1.93 bits per heavy atom. The van der Waals surface area contributed by atoms with E-state index in [0.29, 0.717) is 31.7 Å². The SMILES string of the molecule is CN=C(NCc1ccc(C)cc1OCCOC)NCC(C(C)C)N1CCOCC1.I. The van der Waals surface area contributed by atoms with E-state index in [9.17, 15) is 0 Å². The van der Waals surface area contributed by atoms with Crippen molar-refractivity contribution in [2.75, 3.05) is 60.2 Å². The molecule has 1 aliphatic rings. The predicted octanol–water partition coefficient (Wildman–Crippen LogP) is 2.66. The van der Waals surface area contributed by atoms with E-state index in [1.165, 1.54) is 5.56 Å². The first-order valence-electron chi connectivity index (χ1n) is 10.5. The minimum atomic E-state index is 0. The van der Waals surface area contributed by atoms with Gasteiger partial charge in [0.2, 0.25) is 0 Å². The highest BCUT2D eigenvalue weighted by atomic mass is 127. The normalized spacial score (nSPS) is 16.1. The summed E-state index contributed by atoms with van der Waals surface area (Å²) in [6.07, 6.45) is 0. The molecule has 2 rings (SSSR count). The molecule has 1 aromatic rings. The van der Waals surface area contributed by atoms with Gasteiger partial charge in [-0.25, -0.2) is 0 Å². The largest absolute Gasteiger partial charge is 0.491 e. The van der Waals surface area contributed by atoms with Gasteiger partial charge in [0.1, 0.15) is 12.4 Å². The fourth-order valence-electron chi connectivity index (χ4n) is 3.47. The van der Waals surface area contributed by atoms with Crippen molar-refractivity contribution in [1.82, 2.24) is 15.5 Å². The van der Waals surface area contributed by atoms with E-state index in [0.717, 1.165) is 50.1 Å². The van der Waals surface area contributed by atoms with Gasteiger partial charge in [-0.1, -0.05) is 26.0 Å². The van der Waals surface area contributed by atoms with Gasteiger partial charge in [-0.2, -0.15) is 0 Å². The van der Waals surface area contributed by atoms with Crippen LogP contribution < -0.4 is 15.4 Å². The Morgan fingerprint density at radius 1 is 1.20 bits per heavy atom. The van der Waals surface area contributed by atoms with Crippen LogP contribution >= 0.6 is 24.0 Å². The molecule has 172 valence electrons. The number of methoxy groups -OCH3 is 1. The number of guanidine groups is 1. The van der Waals surface area contributed by atoms with Crippen LogP contribution in [0.25, 0.3) is 0 Å². The van der Waals surface area contributed by atoms with Gasteiger partial charge in [0.15, 0.2) is 5.96 Å². The lowest BCUT2D eigenvalue weighted by Gasteiger charge is -2.37. The molecule has 0 aliphatic carbocycles. The van der Waals surface area contributed by atoms with Gasteiger partial charge in [-0.05, 0) is 24.5 Å². The van der Waals surface area contributed by atoms with Crippen molar-refractivity contribution in [2.45, 2.75) is 33.4 Å². The molecule has 0 amide bonds. The molecule has 1 fully saturated rings. The molecule has 0 spiro atoms. The Kier molecular flexibility index (Phi) is 13.3. The van der Waals surface area contributed by atoms with Crippen molar-refractivity contribution in [3.63, 3.8) is 0 Å². The number of aliphatic imine (C=N–C) groups is 1. The molecule has 0 aromatic heterocycles. The van der Waals surface area contributed by atoms with E-state index in [2.05, 4.69) is 59.5 Å². The van der Waals surface area contributed by atoms with Gasteiger partial charge < -0.3 is 24.8 Å². The number of halogens is 1. The summed E-state index contributed by atoms with van der Waals surface area (Å²) < 4.78 is 16.5. The molecular weight excluding hydrogens is 495 g/mol. The summed E-state index contributed by atoms with van der Waals surface area (Å²) in [5.74, 6) is 2.24. The quantitative estimate of drug-likeness (QED) is 0.208. The summed E-state index contributed by atoms with van der Waals surface area (Å²) in [4.78, 5) is 6.90. The monoisotopic (exact) mass is 534 g/mol. The van der Waals surface area contributed by atoms with E-state index in [-0.39, 0.29) is 24.0 Å². The highest BCUT2D eigenvalue weighted by molar-refractivity contribution is 14.0. The number of nitrogens with zero attached hydrogens (tertiary/aromatic N) is 2. The van der Waals surface area contributed by atoms with Crippen LogP contribution in [0.5, 0.6) is 5.75 Å². The molecule has 0 saturated carbocycles. The number of benzene rings is 1. The fourth-order valence-corrected chi connectivity index (χ4v) is 3.47. The summed E-state index contributed by atoms with van der Waals surface area (Å²) >= 11 is 0. The number of rotatable bonds is 10. The average Bonchev–Trinajstić information content (AvgIpc) is 2.72. The molecule has 1 aliphatic heterocycles. The molecule has 2 N–H and O–H groups in total. The number of hydrogen-bond acceptors (Lipinski definition) is 5. The summed E-state index contributed by atoms with van der Waals surface area (Å²) in [6.45, 7) is 12.8. The maximum absolute atomic E-state index is 5.89. The molecule has 1 heterocycles. The number of hydrogen-bond donors (Lipinski definition) is 2. The topological polar surface area (TPSA) is 67.4 Å². The second-order valence-electron chi connectivity index (χ2n) is 7.72. The van der Waals surface area contributed by atoms with Gasteiger partial charge in [0.25, 0.3) is 0 Å². The Balaban J connectivity index is 0.00000450. The first kappa shape index (κ1) is 26.9. The lowest BCUT2D eigenvalue weighted by Crippen LogP contribution is -2.52. The molecule has 1 aromatic carbocycles. The van der Waals surface area contributed by atoms with Crippen molar-refractivity contribution in [3.8, 4) is 5.75 Å². The zero-order chi connectivity index (χ0) is 21.1. The molecule has 1 saturated heterocycles. The highest BCUT2D eigenvalue weighted by Gasteiger charge is 2.23. The molecule has 1 unspecified atom stereocenters. The summed E-state index contributed by atoms with van der Waals surface area (Å²) in [5, 5.41) is 6.91. The van der Waals surface area contributed by atoms with Crippen LogP contribution in [0.1, 0.15) is 25.0 Å². The number of aryl methyl sites for hydroxylation is 1. The van der Waals surface area contributed by atoms with Crippen LogP contribution in [0.15, 0.2) is 23.2 Å². The molecule has 0 radical (unpaired) electrons. The third kappa shape index (κ3) is 8.95. The van der Waals surface area contributed by atoms with Crippen LogP contribution in [0, 0.1) is 12.8 Å². The van der Waals surface area contributed by atoms with E-state index in [4.69, 9.17) is 14.2 Å². The lowest BCUT2D eigenvalue weighted by atomic mass is 10.0. The Bertz CT molecular complexity index is 637. The summed E-state index contributed by atoms with van der Waals surface area (Å²) in [6, 6.07) is 6.71. The Labute approximate surface area is 199 Å². The second-order valence-corrected chi connectivity index (χ2v) is 7.72. The second kappa shape index (κ2) is 14.8. The summed E-state index contributed by atoms with van der Waals surface area (Å²) in [5.41, 5.74) is 2.28. The van der Waals surface area contributed by atoms with Crippen molar-refractivity contribution in [2.24, 2.45) is 10.9 Å². The van der Waals surface area contributed by atoms with Crippen LogP contribution in [-0.4, -0.2) is 77.1 Å². The predicted molar refractivity (Wildman–Crippen MR) is 133 cm³/mol. The van der Waals surface area contributed by atoms with Crippen molar-refractivity contribution in [1.29, 1.82) is 0 Å². The van der Waals surface area contributed by atoms with E-state index >= 15 is 0 Å². The first-order chi connectivity index (χ1) is 14.0. The first-order valence-corrected chi connectivity index (χ1v) is 10.5. The Morgan fingerprint density at radius 3 is 2.57 bits per heavy atom. The minimum Gasteiger partial charge on any atom is -0.491 e. The van der Waals surface area contributed by atoms with Crippen molar-refractivity contribution in [3.05, 3.63) is 29.3 Å². The molecule has 1 atom stereocenters. The fraction of sp³-hybridized carbons (Fsp3) is 0.682. The van der Waals surface area contributed by atoms with Crippen LogP contribution in [0.2, 0.25) is 0 Å². The molecule has 30 heavy (non-hydrogen) atoms. The maximum Gasteiger partial charge on any atom is 0.191 e. The standard InChI is InChI=1S/C22H38N4O3.HI/c1-17(2)20(26-8-10-28-11-9-26)16-25-22(23-4)24-15-19-7-6-18(3)14-21(19)29-13-12-27-5;/h6-7,14,17,20H,8-13,15-16H2,1-5H3,(H2,23,24,25);1H. The zero-order valence-electron chi connectivity index (χ0n) is 19.1. The van der Waals surface area contributed by atoms with Crippen LogP contribution in [-0.2, 0) is 16.0 Å². The average molecular weight is 534 g/mol. The van der Waals surface area contributed by atoms with Crippen LogP contribution in [0.3, 0.4) is 0 Å². The van der Waals surface area contributed by atoms with Gasteiger partial charge in [-0.3, -0.25) is 9.89 Å². The summed E-state index contributed by atoms with van der Waals surface area (Å²) in [7, 11) is 3.48. The highest BCUT2D eigenvalue weighted by Crippen LogP contribution is 2.20. The number of nitrogens with one attached hydrogen (secondary N) is 2. The van der Waals surface area contributed by atoms with Crippen molar-refractivity contribution >= 4 is 29.9 Å². The zero-order valence-corrected chi connectivity index (χ0v) is 21.4. The van der Waals surface area contributed by atoms with Crippen LogP contribution in [0.4, 0.5) is 0 Å². The molecule has 7 nitrogen and oxygen atoms in total. The minimum absolute atomic E-state index is 0. The van der Waals surface area contributed by atoms with Gasteiger partial charge in [-0.15, -0.1) is 24.0 Å². The van der Waals surface area contributed by atoms with E-state index < -0.39 is 0 Å². The van der Waals surface area contributed by atoms with E-state index in [1.54, 1.807) is 14.2 Å². The van der Waals surface area contributed by atoms with Gasteiger partial charge >= 0.3 is 0 Å². The molecule has 8 heteroatoms. The van der Waals surface area contributed by atoms with Crippen molar-refractivity contribution < 1.29 is 14.2 Å². The molecular formula is C22H39IN4O3. The Hall–Kier alpha value is -1.10. The third-order valence-corrected chi connectivity index (χ3v) is 5.20. The number of ether oxygens (including phenoxy) is 3. The number of morpholine rings is 1. The van der Waals surface area contributed by atoms with Gasteiger partial charge in [0.05, 0.1) is 19.8 Å². The van der Waals surface area contributed by atoms with Gasteiger partial charge in [0, 0.05) is 51.9 Å². The third-order valence-electron chi connectivity index (χ3n) is 5.20.